The van der Waals surface area contributed by atoms with Crippen molar-refractivity contribution in [3.05, 3.63) is 69.9 Å². The number of carbonyl (C=O) groups is 2. The first-order valence-electron chi connectivity index (χ1n) is 20.6. The van der Waals surface area contributed by atoms with Gasteiger partial charge in [-0.3, -0.25) is 9.59 Å². The monoisotopic (exact) mass is 821 g/mol. The Morgan fingerprint density at radius 1 is 1.05 bits per heavy atom. The summed E-state index contributed by atoms with van der Waals surface area (Å²) in [5.41, 5.74) is 0.488. The van der Waals surface area contributed by atoms with Gasteiger partial charge in [0, 0.05) is 36.2 Å². The number of carbonyl (C=O) groups excluding carboxylic acids is 2. The fourth-order valence-electron chi connectivity index (χ4n) is 6.20. The van der Waals surface area contributed by atoms with Crippen molar-refractivity contribution in [2.75, 3.05) is 25.1 Å². The Balaban J connectivity index is 1.87. The molecule has 13 heteroatoms. The second-order valence-corrected chi connectivity index (χ2v) is 18.0. The zero-order valence-electron chi connectivity index (χ0n) is 37.4. The van der Waals surface area contributed by atoms with Crippen molar-refractivity contribution >= 4 is 35.1 Å². The van der Waals surface area contributed by atoms with E-state index >= 15 is 0 Å². The van der Waals surface area contributed by atoms with Crippen molar-refractivity contribution in [1.29, 1.82) is 0 Å². The maximum Gasteiger partial charge on any atom is 0.279 e. The number of amides is 2. The number of nitrogens with one attached hydrogen (secondary N) is 2. The van der Waals surface area contributed by atoms with E-state index in [-0.39, 0.29) is 51.2 Å². The summed E-state index contributed by atoms with van der Waals surface area (Å²) in [5, 5.41) is 26.0. The predicted molar refractivity (Wildman–Crippen MR) is 234 cm³/mol. The molecule has 0 radical (unpaired) electrons. The van der Waals surface area contributed by atoms with Crippen molar-refractivity contribution in [3.63, 3.8) is 0 Å². The second kappa shape index (κ2) is 20.0. The Bertz CT molecular complexity index is 1900. The van der Waals surface area contributed by atoms with Crippen LogP contribution in [0.3, 0.4) is 0 Å². The summed E-state index contributed by atoms with van der Waals surface area (Å²) in [6.45, 7) is 27.9. The van der Waals surface area contributed by atoms with Gasteiger partial charge in [-0.25, -0.2) is 4.98 Å². The largest absolute Gasteiger partial charge is 0.509 e. The number of methoxy groups -OCH3 is 1. The minimum absolute atomic E-state index is 0.00720. The van der Waals surface area contributed by atoms with E-state index in [2.05, 4.69) is 91.4 Å². The molecule has 1 aromatic heterocycles. The molecule has 0 fully saturated rings. The molecule has 3 N–H and O–H groups in total. The molecule has 1 heterocycles. The van der Waals surface area contributed by atoms with Gasteiger partial charge in [-0.2, -0.15) is 4.98 Å². The first-order chi connectivity index (χ1) is 27.1. The van der Waals surface area contributed by atoms with Gasteiger partial charge in [0.15, 0.2) is 17.5 Å². The zero-order valence-corrected chi connectivity index (χ0v) is 38.1. The Morgan fingerprint density at radius 3 is 2.29 bits per heavy atom. The van der Waals surface area contributed by atoms with Gasteiger partial charge in [0.1, 0.15) is 11.5 Å². The van der Waals surface area contributed by atoms with Crippen molar-refractivity contribution in [3.8, 4) is 11.6 Å². The maximum absolute atomic E-state index is 14.0. The van der Waals surface area contributed by atoms with Crippen LogP contribution in [0.1, 0.15) is 140 Å². The van der Waals surface area contributed by atoms with E-state index < -0.39 is 23.0 Å². The van der Waals surface area contributed by atoms with Crippen LogP contribution in [0, 0.1) is 5.41 Å². The summed E-state index contributed by atoms with van der Waals surface area (Å²) in [6, 6.07) is 6.32. The van der Waals surface area contributed by atoms with Gasteiger partial charge < -0.3 is 30.1 Å². The third-order valence-electron chi connectivity index (χ3n) is 11.1. The molecule has 0 saturated carbocycles. The number of nitrogens with zero attached hydrogens (tertiary/aromatic N) is 5. The van der Waals surface area contributed by atoms with Crippen molar-refractivity contribution in [2.45, 2.75) is 151 Å². The summed E-state index contributed by atoms with van der Waals surface area (Å²) in [4.78, 5) is 39.0. The van der Waals surface area contributed by atoms with Gasteiger partial charge in [-0.15, -0.1) is 10.2 Å². The van der Waals surface area contributed by atoms with Crippen molar-refractivity contribution in [2.24, 2.45) is 15.6 Å². The van der Waals surface area contributed by atoms with Crippen LogP contribution in [0.4, 0.5) is 11.6 Å². The molecule has 0 spiro atoms. The number of allylic oxidation sites excluding steroid dienone is 3. The topological polar surface area (TPSA) is 151 Å². The van der Waals surface area contributed by atoms with E-state index in [0.717, 1.165) is 37.8 Å². The number of halogens is 1. The zero-order chi connectivity index (χ0) is 43.6. The number of hydrogen-bond donors (Lipinski definition) is 3. The third-order valence-corrected chi connectivity index (χ3v) is 11.4. The van der Waals surface area contributed by atoms with E-state index in [9.17, 15) is 14.7 Å². The highest BCUT2D eigenvalue weighted by Gasteiger charge is 2.35. The lowest BCUT2D eigenvalue weighted by Crippen LogP contribution is -2.51. The molecule has 1 aromatic carbocycles. The van der Waals surface area contributed by atoms with Crippen LogP contribution in [-0.4, -0.2) is 58.7 Å². The number of aliphatic hydroxyl groups excluding tert-OH is 1. The van der Waals surface area contributed by atoms with Crippen molar-refractivity contribution < 1.29 is 24.2 Å². The first-order valence-corrected chi connectivity index (χ1v) is 21.0. The van der Waals surface area contributed by atoms with Gasteiger partial charge in [0.2, 0.25) is 11.8 Å². The number of ether oxygens (including phenoxy) is 2. The Labute approximate surface area is 352 Å². The normalized spacial score (nSPS) is 17.2. The number of azo groups is 1. The highest BCUT2D eigenvalue weighted by molar-refractivity contribution is 6.31. The molecule has 1 aliphatic carbocycles. The molecule has 2 amide bonds. The fourth-order valence-corrected chi connectivity index (χ4v) is 6.38. The van der Waals surface area contributed by atoms with Gasteiger partial charge in [0.05, 0.1) is 23.9 Å². The SMILES string of the molecule is CCCCN(CC)c1ncc(N=NC(C(=O)NC2=C(Cl)C=CC(C)(NC(=O)C(CC)Oc3ccc(C(C)(C)CC)cc3C(C)(C)CC)C2)=C(O)C(C)(C)C)c(OC)n1. The van der Waals surface area contributed by atoms with Crippen LogP contribution in [0.2, 0.25) is 0 Å². The van der Waals surface area contributed by atoms with E-state index in [1.54, 1.807) is 32.9 Å². The molecule has 3 rings (SSSR count). The van der Waals surface area contributed by atoms with Crippen LogP contribution in [0.5, 0.6) is 11.6 Å². The van der Waals surface area contributed by atoms with Crippen LogP contribution in [0.15, 0.2) is 69.0 Å². The van der Waals surface area contributed by atoms with Crippen LogP contribution in [0.25, 0.3) is 0 Å². The molecule has 1 aliphatic rings. The number of anilines is 1. The number of aromatic nitrogens is 2. The fraction of sp³-hybridized carbons (Fsp3) is 0.600. The molecule has 0 bridgehead atoms. The summed E-state index contributed by atoms with van der Waals surface area (Å²) in [6.07, 6.45) is 8.59. The lowest BCUT2D eigenvalue weighted by molar-refractivity contribution is -0.129. The lowest BCUT2D eigenvalue weighted by atomic mass is 9.76. The predicted octanol–water partition coefficient (Wildman–Crippen LogP) is 10.6. The summed E-state index contributed by atoms with van der Waals surface area (Å²) >= 11 is 6.66. The molecule has 0 saturated heterocycles. The molecule has 320 valence electrons. The van der Waals surface area contributed by atoms with Gasteiger partial charge >= 0.3 is 0 Å². The van der Waals surface area contributed by atoms with Gasteiger partial charge in [-0.05, 0) is 68.1 Å². The van der Waals surface area contributed by atoms with E-state index in [1.165, 1.54) is 18.9 Å². The average Bonchev–Trinajstić information content (AvgIpc) is 3.18. The lowest BCUT2D eigenvalue weighted by Gasteiger charge is -2.34. The second-order valence-electron chi connectivity index (χ2n) is 17.5. The van der Waals surface area contributed by atoms with Gasteiger partial charge in [0.25, 0.3) is 11.8 Å². The Morgan fingerprint density at radius 2 is 1.72 bits per heavy atom. The minimum Gasteiger partial charge on any atom is -0.509 e. The summed E-state index contributed by atoms with van der Waals surface area (Å²) in [7, 11) is 1.47. The van der Waals surface area contributed by atoms with E-state index in [0.29, 0.717) is 30.4 Å². The number of aliphatic hydroxyl groups is 1. The molecule has 2 unspecified atom stereocenters. The van der Waals surface area contributed by atoms with E-state index in [4.69, 9.17) is 21.1 Å². The highest BCUT2D eigenvalue weighted by Crippen LogP contribution is 2.39. The number of unbranched alkanes of at least 4 members (excludes halogenated alkanes) is 1. The van der Waals surface area contributed by atoms with Crippen LogP contribution >= 0.6 is 11.6 Å². The Kier molecular flexibility index (Phi) is 16.5. The molecule has 2 atom stereocenters. The molecule has 2 aromatic rings. The number of rotatable bonds is 19. The maximum atomic E-state index is 14.0. The Hall–Kier alpha value is -4.45. The van der Waals surface area contributed by atoms with Crippen LogP contribution in [-0.2, 0) is 20.4 Å². The van der Waals surface area contributed by atoms with Crippen molar-refractivity contribution in [1.82, 2.24) is 20.6 Å². The minimum atomic E-state index is -0.942. The summed E-state index contributed by atoms with van der Waals surface area (Å²) in [5.74, 6) is 0.0217. The smallest absolute Gasteiger partial charge is 0.279 e. The van der Waals surface area contributed by atoms with Gasteiger partial charge in [-0.1, -0.05) is 112 Å². The quantitative estimate of drug-likeness (QED) is 0.0720. The molecular weight excluding hydrogens is 754 g/mol. The highest BCUT2D eigenvalue weighted by atomic mass is 35.5. The summed E-state index contributed by atoms with van der Waals surface area (Å²) < 4.78 is 12.0. The first kappa shape index (κ1) is 47.9. The van der Waals surface area contributed by atoms with Crippen LogP contribution < -0.4 is 25.0 Å². The molecule has 12 nitrogen and oxygen atoms in total. The van der Waals surface area contributed by atoms with E-state index in [1.807, 2.05) is 31.7 Å². The molecule has 0 aliphatic heterocycles. The molecule has 58 heavy (non-hydrogen) atoms. The molecular formula is C45H68ClN7O5. The number of benzene rings is 1. The number of hydrogen-bond acceptors (Lipinski definition) is 10. The third kappa shape index (κ3) is 12.1. The standard InChI is InChI=1S/C45H68ClN7O5/c1-15-20-25-53(19-5)41-47-28-33(40(49-41)57-14)51-52-36(37(54)42(6,7)8)39(56)48-32-27-45(13,24-23-31(32)46)50-38(55)34(16-2)58-35-22-21-29(43(9,10)17-3)26-30(35)44(11,12)18-4/h21-24,26,28,34,54H,15-20,25,27H2,1-14H3,(H,48,56)(H,50,55). The average molecular weight is 823 g/mol.